The molecule has 1 aromatic carbocycles. The average Bonchev–Trinajstić information content (AvgIpc) is 2.41. The van der Waals surface area contributed by atoms with Crippen molar-refractivity contribution in [1.29, 1.82) is 0 Å². The Hall–Kier alpha value is -1.69. The molecule has 0 aliphatic heterocycles. The summed E-state index contributed by atoms with van der Waals surface area (Å²) in [6.45, 7) is 5.94. The smallest absolute Gasteiger partial charge is 0.404 e. The number of amides is 2. The van der Waals surface area contributed by atoms with Crippen molar-refractivity contribution in [1.82, 2.24) is 5.32 Å². The minimum atomic E-state index is -0.845. The number of carbonyl (C=O) groups excluding carboxylic acids is 2. The van der Waals surface area contributed by atoms with Gasteiger partial charge < -0.3 is 15.8 Å². The van der Waals surface area contributed by atoms with Crippen molar-refractivity contribution in [2.45, 2.75) is 32.6 Å². The normalized spacial score (nSPS) is 12.6. The molecule has 0 spiro atoms. The van der Waals surface area contributed by atoms with Gasteiger partial charge in [0.25, 0.3) is 5.91 Å². The number of thiol groups is 1. The number of ether oxygens (including phenoxy) is 1. The minimum Gasteiger partial charge on any atom is -0.444 e. The molecule has 116 valence electrons. The fraction of sp³-hybridized carbons (Fsp3) is 0.467. The molecule has 0 heterocycles. The molecule has 0 aliphatic rings. The fourth-order valence-electron chi connectivity index (χ4n) is 1.71. The van der Waals surface area contributed by atoms with Crippen LogP contribution in [0, 0.1) is 5.41 Å². The Kier molecular flexibility index (Phi) is 6.08. The van der Waals surface area contributed by atoms with Crippen molar-refractivity contribution < 1.29 is 14.3 Å². The highest BCUT2D eigenvalue weighted by molar-refractivity contribution is 7.79. The van der Waals surface area contributed by atoms with E-state index in [4.69, 9.17) is 10.5 Å². The van der Waals surface area contributed by atoms with Gasteiger partial charge in [0.1, 0.15) is 6.10 Å². The van der Waals surface area contributed by atoms with Crippen LogP contribution < -0.4 is 11.1 Å². The van der Waals surface area contributed by atoms with Gasteiger partial charge in [-0.2, -0.15) is 12.6 Å². The van der Waals surface area contributed by atoms with Gasteiger partial charge in [-0.1, -0.05) is 32.9 Å². The summed E-state index contributed by atoms with van der Waals surface area (Å²) in [5, 5.41) is 2.76. The van der Waals surface area contributed by atoms with Crippen LogP contribution in [0.4, 0.5) is 4.79 Å². The summed E-state index contributed by atoms with van der Waals surface area (Å²) in [7, 11) is 0. The van der Waals surface area contributed by atoms with Gasteiger partial charge in [-0.05, 0) is 17.7 Å². The van der Waals surface area contributed by atoms with Crippen molar-refractivity contribution in [2.24, 2.45) is 11.1 Å². The summed E-state index contributed by atoms with van der Waals surface area (Å²) in [5.74, 6) is 0.406. The maximum Gasteiger partial charge on any atom is 0.404 e. The highest BCUT2D eigenvalue weighted by Gasteiger charge is 2.28. The third-order valence-electron chi connectivity index (χ3n) is 3.07. The molecule has 0 saturated heterocycles. The first-order valence-corrected chi connectivity index (χ1v) is 7.31. The Morgan fingerprint density at radius 3 is 2.29 bits per heavy atom. The van der Waals surface area contributed by atoms with Gasteiger partial charge in [-0.3, -0.25) is 4.79 Å². The van der Waals surface area contributed by atoms with E-state index in [9.17, 15) is 9.59 Å². The maximum atomic E-state index is 12.1. The molecule has 1 atom stereocenters. The molecule has 21 heavy (non-hydrogen) atoms. The van der Waals surface area contributed by atoms with Crippen LogP contribution >= 0.6 is 12.6 Å². The zero-order chi connectivity index (χ0) is 16.0. The first-order chi connectivity index (χ1) is 9.74. The van der Waals surface area contributed by atoms with Crippen LogP contribution in [-0.2, 0) is 10.5 Å². The third-order valence-corrected chi connectivity index (χ3v) is 3.44. The summed E-state index contributed by atoms with van der Waals surface area (Å²) < 4.78 is 5.05. The SMILES string of the molecule is CC(C)(C)C(CNC(=O)c1ccc(CS)cc1)OC(N)=O. The highest BCUT2D eigenvalue weighted by atomic mass is 32.1. The molecule has 1 aromatic rings. The fourth-order valence-corrected chi connectivity index (χ4v) is 1.92. The second-order valence-corrected chi connectivity index (χ2v) is 6.17. The number of benzene rings is 1. The Balaban J connectivity index is 2.66. The van der Waals surface area contributed by atoms with Crippen molar-refractivity contribution in [3.8, 4) is 0 Å². The second kappa shape index (κ2) is 7.36. The van der Waals surface area contributed by atoms with Crippen molar-refractivity contribution in [3.63, 3.8) is 0 Å². The maximum absolute atomic E-state index is 12.1. The summed E-state index contributed by atoms with van der Waals surface area (Å²) in [5.41, 5.74) is 6.33. The largest absolute Gasteiger partial charge is 0.444 e. The van der Waals surface area contributed by atoms with Crippen LogP contribution in [0.5, 0.6) is 0 Å². The van der Waals surface area contributed by atoms with Gasteiger partial charge in [0.2, 0.25) is 0 Å². The topological polar surface area (TPSA) is 81.4 Å². The molecule has 3 N–H and O–H groups in total. The predicted octanol–water partition coefficient (Wildman–Crippen LogP) is 2.36. The van der Waals surface area contributed by atoms with E-state index in [-0.39, 0.29) is 17.9 Å². The lowest BCUT2D eigenvalue weighted by Gasteiger charge is -2.29. The molecule has 1 rings (SSSR count). The number of carbonyl (C=O) groups is 2. The molecule has 0 fully saturated rings. The van der Waals surface area contributed by atoms with Crippen molar-refractivity contribution in [3.05, 3.63) is 35.4 Å². The lowest BCUT2D eigenvalue weighted by molar-refractivity contribution is 0.0362. The van der Waals surface area contributed by atoms with E-state index in [0.29, 0.717) is 11.3 Å². The Labute approximate surface area is 130 Å². The van der Waals surface area contributed by atoms with Gasteiger partial charge in [-0.25, -0.2) is 4.79 Å². The zero-order valence-corrected chi connectivity index (χ0v) is 13.4. The van der Waals surface area contributed by atoms with E-state index in [1.54, 1.807) is 12.1 Å². The van der Waals surface area contributed by atoms with Crippen LogP contribution in [0.2, 0.25) is 0 Å². The van der Waals surface area contributed by atoms with Crippen LogP contribution in [0.15, 0.2) is 24.3 Å². The van der Waals surface area contributed by atoms with Gasteiger partial charge in [-0.15, -0.1) is 0 Å². The summed E-state index contributed by atoms with van der Waals surface area (Å²) in [6, 6.07) is 7.18. The molecule has 0 aromatic heterocycles. The predicted molar refractivity (Wildman–Crippen MR) is 85.4 cm³/mol. The van der Waals surface area contributed by atoms with Gasteiger partial charge in [0.05, 0.1) is 6.54 Å². The van der Waals surface area contributed by atoms with E-state index in [2.05, 4.69) is 17.9 Å². The Morgan fingerprint density at radius 2 is 1.86 bits per heavy atom. The molecule has 5 nitrogen and oxygen atoms in total. The third kappa shape index (κ3) is 5.67. The molecular formula is C15H22N2O3S. The molecule has 0 bridgehead atoms. The minimum absolute atomic E-state index is 0.208. The van der Waals surface area contributed by atoms with E-state index in [1.165, 1.54) is 0 Å². The molecule has 0 radical (unpaired) electrons. The highest BCUT2D eigenvalue weighted by Crippen LogP contribution is 2.21. The first kappa shape index (κ1) is 17.4. The number of nitrogens with one attached hydrogen (secondary N) is 1. The Morgan fingerprint density at radius 1 is 1.29 bits per heavy atom. The molecule has 1 unspecified atom stereocenters. The van der Waals surface area contributed by atoms with Crippen LogP contribution in [0.1, 0.15) is 36.7 Å². The van der Waals surface area contributed by atoms with E-state index >= 15 is 0 Å². The molecular weight excluding hydrogens is 288 g/mol. The monoisotopic (exact) mass is 310 g/mol. The van der Waals surface area contributed by atoms with Gasteiger partial charge in [0.15, 0.2) is 0 Å². The first-order valence-electron chi connectivity index (χ1n) is 6.68. The van der Waals surface area contributed by atoms with E-state index in [1.807, 2.05) is 32.9 Å². The second-order valence-electron chi connectivity index (χ2n) is 5.86. The van der Waals surface area contributed by atoms with Crippen LogP contribution in [0.3, 0.4) is 0 Å². The lowest BCUT2D eigenvalue weighted by atomic mass is 9.89. The van der Waals surface area contributed by atoms with Gasteiger partial charge in [0, 0.05) is 16.7 Å². The van der Waals surface area contributed by atoms with Crippen molar-refractivity contribution >= 4 is 24.6 Å². The van der Waals surface area contributed by atoms with Crippen molar-refractivity contribution in [2.75, 3.05) is 6.54 Å². The van der Waals surface area contributed by atoms with E-state index < -0.39 is 12.2 Å². The standard InChI is InChI=1S/C15H22N2O3S/c1-15(2,3)12(20-14(16)19)8-17-13(18)11-6-4-10(9-21)5-7-11/h4-7,12,21H,8-9H2,1-3H3,(H2,16,19)(H,17,18). The number of hydrogen-bond acceptors (Lipinski definition) is 4. The number of primary amides is 1. The van der Waals surface area contributed by atoms with Gasteiger partial charge >= 0.3 is 6.09 Å². The van der Waals surface area contributed by atoms with E-state index in [0.717, 1.165) is 5.56 Å². The molecule has 6 heteroatoms. The van der Waals surface area contributed by atoms with Crippen LogP contribution in [-0.4, -0.2) is 24.6 Å². The van der Waals surface area contributed by atoms with Crippen LogP contribution in [0.25, 0.3) is 0 Å². The quantitative estimate of drug-likeness (QED) is 0.730. The Bertz CT molecular complexity index is 495. The number of rotatable bonds is 5. The summed E-state index contributed by atoms with van der Waals surface area (Å²) in [6.07, 6.45) is -1.34. The zero-order valence-electron chi connectivity index (χ0n) is 12.6. The molecule has 0 aliphatic carbocycles. The average molecular weight is 310 g/mol. The summed E-state index contributed by atoms with van der Waals surface area (Å²) in [4.78, 5) is 23.0. The lowest BCUT2D eigenvalue weighted by Crippen LogP contribution is -2.43. The molecule has 2 amide bonds. The number of nitrogens with two attached hydrogens (primary N) is 1. The number of hydrogen-bond donors (Lipinski definition) is 3. The molecule has 0 saturated carbocycles. The summed E-state index contributed by atoms with van der Waals surface area (Å²) >= 11 is 4.17.